The van der Waals surface area contributed by atoms with Gasteiger partial charge in [0.05, 0.1) is 5.57 Å². The van der Waals surface area contributed by atoms with Crippen LogP contribution >= 0.6 is 0 Å². The fourth-order valence-corrected chi connectivity index (χ4v) is 4.15. The minimum atomic E-state index is -0.126. The van der Waals surface area contributed by atoms with Crippen LogP contribution in [0.1, 0.15) is 40.0 Å². The minimum Gasteiger partial charge on any atom is -0.458 e. The molecule has 0 aromatic heterocycles. The topological polar surface area (TPSA) is 26.3 Å². The van der Waals surface area contributed by atoms with Crippen LogP contribution in [0.2, 0.25) is 0 Å². The Labute approximate surface area is 103 Å². The number of rotatable bonds is 0. The molecule has 1 heterocycles. The van der Waals surface area contributed by atoms with E-state index in [1.54, 1.807) is 0 Å². The first-order valence-electron chi connectivity index (χ1n) is 6.54. The lowest BCUT2D eigenvalue weighted by atomic mass is 9.52. The number of hydrogen-bond acceptors (Lipinski definition) is 2. The van der Waals surface area contributed by atoms with E-state index < -0.39 is 0 Å². The molecule has 2 aliphatic carbocycles. The number of esters is 1. The van der Waals surface area contributed by atoms with Crippen molar-refractivity contribution in [2.24, 2.45) is 16.7 Å². The second kappa shape index (κ2) is 3.24. The van der Waals surface area contributed by atoms with Crippen LogP contribution in [0.5, 0.6) is 0 Å². The van der Waals surface area contributed by atoms with E-state index in [1.165, 1.54) is 24.8 Å². The number of carbonyl (C=O) groups excluding carboxylic acids is 1. The summed E-state index contributed by atoms with van der Waals surface area (Å²) in [5.41, 5.74) is 2.55. The number of cyclic esters (lactones) is 1. The molecule has 2 heteroatoms. The summed E-state index contributed by atoms with van der Waals surface area (Å²) in [6.45, 7) is 7.53. The maximum atomic E-state index is 11.7. The van der Waals surface area contributed by atoms with Crippen molar-refractivity contribution in [2.45, 2.75) is 40.0 Å². The van der Waals surface area contributed by atoms with Crippen molar-refractivity contribution in [3.8, 4) is 0 Å². The second-order valence-electron chi connectivity index (χ2n) is 6.56. The monoisotopic (exact) mass is 232 g/mol. The molecular weight excluding hydrogens is 212 g/mol. The smallest absolute Gasteiger partial charge is 0.338 e. The highest BCUT2D eigenvalue weighted by Gasteiger charge is 2.51. The van der Waals surface area contributed by atoms with Crippen LogP contribution in [0.4, 0.5) is 0 Å². The third kappa shape index (κ3) is 1.36. The molecule has 0 aromatic carbocycles. The molecule has 0 spiro atoms. The Morgan fingerprint density at radius 3 is 2.82 bits per heavy atom. The van der Waals surface area contributed by atoms with E-state index in [0.29, 0.717) is 17.9 Å². The molecule has 0 N–H and O–H groups in total. The van der Waals surface area contributed by atoms with E-state index in [0.717, 1.165) is 5.57 Å². The summed E-state index contributed by atoms with van der Waals surface area (Å²) in [5, 5.41) is 0. The molecule has 1 fully saturated rings. The quantitative estimate of drug-likeness (QED) is 0.599. The Bertz CT molecular complexity index is 442. The van der Waals surface area contributed by atoms with E-state index in [1.807, 2.05) is 6.08 Å². The molecule has 0 unspecified atom stereocenters. The maximum absolute atomic E-state index is 11.7. The first-order valence-corrected chi connectivity index (χ1v) is 6.54. The average Bonchev–Trinajstić information content (AvgIpc) is 2.60. The zero-order valence-corrected chi connectivity index (χ0v) is 10.9. The zero-order chi connectivity index (χ0) is 12.3. The van der Waals surface area contributed by atoms with E-state index in [-0.39, 0.29) is 11.4 Å². The van der Waals surface area contributed by atoms with Gasteiger partial charge in [0.25, 0.3) is 0 Å². The summed E-state index contributed by atoms with van der Waals surface area (Å²) >= 11 is 0. The standard InChI is InChI=1S/C15H20O2/c1-14(2)7-4-8-15(3)11-9-17-13(16)10(11)5-6-12(14)15/h5-6,12H,4,7-9H2,1-3H3/t12-,15+/m0/s1. The van der Waals surface area contributed by atoms with E-state index in [2.05, 4.69) is 26.8 Å². The van der Waals surface area contributed by atoms with Gasteiger partial charge in [-0.05, 0) is 35.2 Å². The average molecular weight is 232 g/mol. The predicted octanol–water partition coefficient (Wildman–Crippen LogP) is 3.24. The lowest BCUT2D eigenvalue weighted by Gasteiger charge is -2.51. The molecule has 0 amide bonds. The minimum absolute atomic E-state index is 0.126. The predicted molar refractivity (Wildman–Crippen MR) is 66.4 cm³/mol. The van der Waals surface area contributed by atoms with Gasteiger partial charge in [-0.2, -0.15) is 0 Å². The number of carbonyl (C=O) groups is 1. The van der Waals surface area contributed by atoms with Crippen LogP contribution < -0.4 is 0 Å². The van der Waals surface area contributed by atoms with Crippen molar-refractivity contribution in [1.82, 2.24) is 0 Å². The molecule has 0 aromatic rings. The Morgan fingerprint density at radius 1 is 1.29 bits per heavy atom. The highest BCUT2D eigenvalue weighted by atomic mass is 16.5. The molecule has 0 radical (unpaired) electrons. The number of ether oxygens (including phenoxy) is 1. The van der Waals surface area contributed by atoms with Gasteiger partial charge in [-0.15, -0.1) is 0 Å². The highest BCUT2D eigenvalue weighted by Crippen LogP contribution is 2.58. The largest absolute Gasteiger partial charge is 0.458 e. The molecule has 1 aliphatic heterocycles. The van der Waals surface area contributed by atoms with Gasteiger partial charge >= 0.3 is 5.97 Å². The van der Waals surface area contributed by atoms with E-state index in [9.17, 15) is 4.79 Å². The van der Waals surface area contributed by atoms with E-state index >= 15 is 0 Å². The Balaban J connectivity index is 2.09. The lowest BCUT2D eigenvalue weighted by molar-refractivity contribution is -0.135. The van der Waals surface area contributed by atoms with Gasteiger partial charge in [0, 0.05) is 0 Å². The summed E-state index contributed by atoms with van der Waals surface area (Å²) in [7, 11) is 0. The highest BCUT2D eigenvalue weighted by molar-refractivity contribution is 5.95. The number of allylic oxidation sites excluding steroid dienone is 1. The summed E-state index contributed by atoms with van der Waals surface area (Å²) in [6, 6.07) is 0. The Morgan fingerprint density at radius 2 is 2.06 bits per heavy atom. The first-order chi connectivity index (χ1) is 7.95. The molecule has 2 nitrogen and oxygen atoms in total. The number of hydrogen-bond donors (Lipinski definition) is 0. The van der Waals surface area contributed by atoms with Gasteiger partial charge in [0.1, 0.15) is 6.61 Å². The molecule has 0 bridgehead atoms. The summed E-state index contributed by atoms with van der Waals surface area (Å²) in [6.07, 6.45) is 7.96. The van der Waals surface area contributed by atoms with Crippen LogP contribution in [0.3, 0.4) is 0 Å². The molecular formula is C15H20O2. The molecule has 3 rings (SSSR count). The zero-order valence-electron chi connectivity index (χ0n) is 10.9. The molecule has 3 aliphatic rings. The van der Waals surface area contributed by atoms with Crippen molar-refractivity contribution in [1.29, 1.82) is 0 Å². The van der Waals surface area contributed by atoms with Crippen LogP contribution in [0.15, 0.2) is 23.3 Å². The molecule has 92 valence electrons. The van der Waals surface area contributed by atoms with Crippen molar-refractivity contribution in [3.05, 3.63) is 23.3 Å². The number of fused-ring (bicyclic) bond motifs is 2. The molecule has 2 atom stereocenters. The molecule has 17 heavy (non-hydrogen) atoms. The maximum Gasteiger partial charge on any atom is 0.338 e. The Kier molecular flexibility index (Phi) is 2.11. The van der Waals surface area contributed by atoms with Gasteiger partial charge < -0.3 is 4.74 Å². The summed E-state index contributed by atoms with van der Waals surface area (Å²) < 4.78 is 5.22. The van der Waals surface area contributed by atoms with Crippen molar-refractivity contribution < 1.29 is 9.53 Å². The van der Waals surface area contributed by atoms with Crippen molar-refractivity contribution in [2.75, 3.05) is 6.61 Å². The van der Waals surface area contributed by atoms with Crippen molar-refractivity contribution in [3.63, 3.8) is 0 Å². The SMILES string of the molecule is CC1(C)CCC[C@]2(C)C3=C(C=C[C@@H]12)C(=O)OC3. The Hall–Kier alpha value is -1.05. The molecule has 1 saturated carbocycles. The second-order valence-corrected chi connectivity index (χ2v) is 6.56. The fourth-order valence-electron chi connectivity index (χ4n) is 4.15. The normalized spacial score (nSPS) is 38.8. The third-order valence-electron chi connectivity index (χ3n) is 5.08. The first kappa shape index (κ1) is 11.1. The fraction of sp³-hybridized carbons (Fsp3) is 0.667. The van der Waals surface area contributed by atoms with Gasteiger partial charge in [-0.3, -0.25) is 0 Å². The van der Waals surface area contributed by atoms with Crippen LogP contribution in [0, 0.1) is 16.7 Å². The van der Waals surface area contributed by atoms with Crippen LogP contribution in [-0.4, -0.2) is 12.6 Å². The molecule has 0 saturated heterocycles. The van der Waals surface area contributed by atoms with Gasteiger partial charge in [-0.1, -0.05) is 39.3 Å². The van der Waals surface area contributed by atoms with Crippen molar-refractivity contribution >= 4 is 5.97 Å². The van der Waals surface area contributed by atoms with Crippen LogP contribution in [0.25, 0.3) is 0 Å². The van der Waals surface area contributed by atoms with Gasteiger partial charge in [-0.25, -0.2) is 4.79 Å². The summed E-state index contributed by atoms with van der Waals surface area (Å²) in [5.74, 6) is 0.413. The third-order valence-corrected chi connectivity index (χ3v) is 5.08. The van der Waals surface area contributed by atoms with Gasteiger partial charge in [0.2, 0.25) is 0 Å². The van der Waals surface area contributed by atoms with Gasteiger partial charge in [0.15, 0.2) is 0 Å². The lowest BCUT2D eigenvalue weighted by Crippen LogP contribution is -2.44. The summed E-state index contributed by atoms with van der Waals surface area (Å²) in [4.78, 5) is 11.7. The van der Waals surface area contributed by atoms with Crippen LogP contribution in [-0.2, 0) is 9.53 Å². The van der Waals surface area contributed by atoms with E-state index in [4.69, 9.17) is 4.74 Å².